The zero-order valence-corrected chi connectivity index (χ0v) is 21.7. The number of carbonyl (C=O) groups excluding carboxylic acids is 1. The monoisotopic (exact) mass is 513 g/mol. The molecule has 2 aromatic heterocycles. The number of hydrogen-bond acceptors (Lipinski definition) is 6. The first-order valence-electron chi connectivity index (χ1n) is 12.7. The summed E-state index contributed by atoms with van der Waals surface area (Å²) in [4.78, 5) is 25.6. The molecule has 2 heterocycles. The van der Waals surface area contributed by atoms with E-state index in [0.717, 1.165) is 45.0 Å². The van der Waals surface area contributed by atoms with E-state index in [1.54, 1.807) is 24.3 Å². The first-order valence-corrected chi connectivity index (χ1v) is 12.7. The zero-order chi connectivity index (χ0) is 26.6. The van der Waals surface area contributed by atoms with E-state index in [4.69, 9.17) is 14.5 Å². The number of fused-ring (bicyclic) bond motifs is 2. The van der Waals surface area contributed by atoms with Crippen LogP contribution in [0, 0.1) is 0 Å². The number of H-pyrrole nitrogens is 1. The Bertz CT molecular complexity index is 1590. The van der Waals surface area contributed by atoms with Gasteiger partial charge < -0.3 is 29.4 Å². The summed E-state index contributed by atoms with van der Waals surface area (Å²) in [7, 11) is 1.94. The molecule has 0 radical (unpaired) electrons. The number of amides is 1. The fourth-order valence-electron chi connectivity index (χ4n) is 4.49. The van der Waals surface area contributed by atoms with Crippen LogP contribution >= 0.6 is 0 Å². The number of aromatic amines is 1. The van der Waals surface area contributed by atoms with Crippen molar-refractivity contribution in [1.82, 2.24) is 24.8 Å². The lowest BCUT2D eigenvalue weighted by Crippen LogP contribution is -2.28. The van der Waals surface area contributed by atoms with E-state index < -0.39 is 0 Å². The third kappa shape index (κ3) is 5.19. The van der Waals surface area contributed by atoms with Crippen molar-refractivity contribution >= 4 is 28.0 Å². The summed E-state index contributed by atoms with van der Waals surface area (Å²) in [5.74, 6) is 2.22. The third-order valence-corrected chi connectivity index (χ3v) is 6.54. The molecule has 196 valence electrons. The first-order chi connectivity index (χ1) is 18.4. The molecule has 3 N–H and O–H groups in total. The smallest absolute Gasteiger partial charge is 0.251 e. The molecule has 0 saturated carbocycles. The van der Waals surface area contributed by atoms with Crippen molar-refractivity contribution in [2.75, 3.05) is 19.8 Å². The fourth-order valence-corrected chi connectivity index (χ4v) is 4.49. The molecule has 1 unspecified atom stereocenters. The number of aromatic hydroxyl groups is 1. The number of ether oxygens (including phenoxy) is 2. The van der Waals surface area contributed by atoms with Gasteiger partial charge in [-0.1, -0.05) is 18.2 Å². The largest absolute Gasteiger partial charge is 0.508 e. The van der Waals surface area contributed by atoms with E-state index in [2.05, 4.69) is 15.3 Å². The molecule has 38 heavy (non-hydrogen) atoms. The van der Waals surface area contributed by atoms with Gasteiger partial charge in [0.25, 0.3) is 5.91 Å². The highest BCUT2D eigenvalue weighted by molar-refractivity contribution is 5.97. The van der Waals surface area contributed by atoms with E-state index in [1.165, 1.54) is 0 Å². The lowest BCUT2D eigenvalue weighted by atomic mass is 10.1. The average molecular weight is 514 g/mol. The summed E-state index contributed by atoms with van der Waals surface area (Å²) in [5, 5.41) is 12.7. The molecular formula is C29H31N5O4. The number of para-hydroxylation sites is 1. The predicted molar refractivity (Wildman–Crippen MR) is 146 cm³/mol. The van der Waals surface area contributed by atoms with Crippen LogP contribution in [0.5, 0.6) is 11.5 Å². The van der Waals surface area contributed by atoms with Gasteiger partial charge in [0.1, 0.15) is 29.8 Å². The normalized spacial score (nSPS) is 12.2. The lowest BCUT2D eigenvalue weighted by Gasteiger charge is -2.12. The Kier molecular flexibility index (Phi) is 7.28. The Balaban J connectivity index is 1.25. The minimum Gasteiger partial charge on any atom is -0.508 e. The van der Waals surface area contributed by atoms with Crippen LogP contribution in [0.4, 0.5) is 0 Å². The van der Waals surface area contributed by atoms with E-state index in [-0.39, 0.29) is 17.6 Å². The summed E-state index contributed by atoms with van der Waals surface area (Å²) >= 11 is 0. The predicted octanol–water partition coefficient (Wildman–Crippen LogP) is 4.65. The quantitative estimate of drug-likeness (QED) is 0.234. The summed E-state index contributed by atoms with van der Waals surface area (Å²) in [6.07, 6.45) is 0. The number of benzene rings is 3. The molecule has 0 fully saturated rings. The van der Waals surface area contributed by atoms with Crippen LogP contribution < -0.4 is 10.1 Å². The summed E-state index contributed by atoms with van der Waals surface area (Å²) < 4.78 is 13.4. The van der Waals surface area contributed by atoms with Gasteiger partial charge in [0.2, 0.25) is 0 Å². The Hall–Kier alpha value is -4.37. The lowest BCUT2D eigenvalue weighted by molar-refractivity contribution is 0.0946. The topological polar surface area (TPSA) is 114 Å². The maximum Gasteiger partial charge on any atom is 0.251 e. The standard InChI is InChI=1S/C29H31N5O4/c1-4-37-17-20-7-5-6-8-26(20)38-14-13-30-29(36)19-9-11-23-25(15-19)34(3)28(33-23)18(2)27-31-22-12-10-21(35)16-24(22)32-27/h5-12,15-16,18,35H,4,13-14,17H2,1-3H3,(H,30,36)(H,31,32). The highest BCUT2D eigenvalue weighted by atomic mass is 16.5. The van der Waals surface area contributed by atoms with Gasteiger partial charge in [0.05, 0.1) is 41.1 Å². The number of nitrogens with one attached hydrogen (secondary N) is 2. The number of imidazole rings is 2. The highest BCUT2D eigenvalue weighted by Gasteiger charge is 2.20. The third-order valence-electron chi connectivity index (χ3n) is 6.54. The molecule has 5 rings (SSSR count). The fraction of sp³-hybridized carbons (Fsp3) is 0.276. The van der Waals surface area contributed by atoms with Gasteiger partial charge in [0.15, 0.2) is 0 Å². The van der Waals surface area contributed by atoms with Gasteiger partial charge in [-0.3, -0.25) is 4.79 Å². The maximum absolute atomic E-state index is 12.9. The molecule has 1 atom stereocenters. The molecular weight excluding hydrogens is 482 g/mol. The summed E-state index contributed by atoms with van der Waals surface area (Å²) in [5.41, 5.74) is 4.74. The van der Waals surface area contributed by atoms with Crippen molar-refractivity contribution in [3.8, 4) is 11.5 Å². The van der Waals surface area contributed by atoms with Gasteiger partial charge in [-0.2, -0.15) is 0 Å². The first kappa shape index (κ1) is 25.3. The number of phenols is 1. The average Bonchev–Trinajstić information content (AvgIpc) is 3.50. The summed E-state index contributed by atoms with van der Waals surface area (Å²) in [6, 6.07) is 18.3. The molecule has 3 aromatic carbocycles. The molecule has 0 aliphatic rings. The van der Waals surface area contributed by atoms with Gasteiger partial charge in [-0.25, -0.2) is 9.97 Å². The second-order valence-electron chi connectivity index (χ2n) is 9.13. The van der Waals surface area contributed by atoms with Crippen LogP contribution in [-0.4, -0.2) is 50.3 Å². The molecule has 1 amide bonds. The molecule has 0 bridgehead atoms. The summed E-state index contributed by atoms with van der Waals surface area (Å²) in [6.45, 7) is 5.83. The van der Waals surface area contributed by atoms with Crippen LogP contribution in [0.25, 0.3) is 22.1 Å². The van der Waals surface area contributed by atoms with Crippen LogP contribution in [0.1, 0.15) is 47.3 Å². The second kappa shape index (κ2) is 10.9. The highest BCUT2D eigenvalue weighted by Crippen LogP contribution is 2.28. The molecule has 0 aliphatic heterocycles. The minimum absolute atomic E-state index is 0.123. The van der Waals surface area contributed by atoms with E-state index in [1.807, 2.05) is 61.9 Å². The van der Waals surface area contributed by atoms with Crippen molar-refractivity contribution < 1.29 is 19.4 Å². The Morgan fingerprint density at radius 2 is 1.92 bits per heavy atom. The number of nitrogens with zero attached hydrogens (tertiary/aromatic N) is 3. The number of phenolic OH excluding ortho intramolecular Hbond substituents is 1. The van der Waals surface area contributed by atoms with Crippen LogP contribution in [0.2, 0.25) is 0 Å². The SMILES string of the molecule is CCOCc1ccccc1OCCNC(=O)c1ccc2nc(C(C)c3nc4ccc(O)cc4[nH]3)n(C)c2c1. The van der Waals surface area contributed by atoms with Gasteiger partial charge in [-0.15, -0.1) is 0 Å². The van der Waals surface area contributed by atoms with Crippen molar-refractivity contribution in [2.24, 2.45) is 7.05 Å². The molecule has 9 heteroatoms. The zero-order valence-electron chi connectivity index (χ0n) is 21.7. The van der Waals surface area contributed by atoms with Gasteiger partial charge >= 0.3 is 0 Å². The maximum atomic E-state index is 12.9. The van der Waals surface area contributed by atoms with E-state index >= 15 is 0 Å². The Labute approximate surface area is 220 Å². The molecule has 0 aliphatic carbocycles. The number of aromatic nitrogens is 4. The van der Waals surface area contributed by atoms with E-state index in [0.29, 0.717) is 31.9 Å². The Morgan fingerprint density at radius 1 is 1.11 bits per heavy atom. The molecule has 9 nitrogen and oxygen atoms in total. The second-order valence-corrected chi connectivity index (χ2v) is 9.13. The van der Waals surface area contributed by atoms with Gasteiger partial charge in [-0.05, 0) is 50.2 Å². The van der Waals surface area contributed by atoms with Crippen LogP contribution in [0.15, 0.2) is 60.7 Å². The van der Waals surface area contributed by atoms with Crippen LogP contribution in [0.3, 0.4) is 0 Å². The van der Waals surface area contributed by atoms with Crippen molar-refractivity contribution in [1.29, 1.82) is 0 Å². The Morgan fingerprint density at radius 3 is 2.76 bits per heavy atom. The number of carbonyl (C=O) groups is 1. The molecule has 0 saturated heterocycles. The van der Waals surface area contributed by atoms with Crippen LogP contribution in [-0.2, 0) is 18.4 Å². The number of rotatable bonds is 10. The minimum atomic E-state index is -0.175. The van der Waals surface area contributed by atoms with Crippen molar-refractivity contribution in [3.63, 3.8) is 0 Å². The molecule has 5 aromatic rings. The van der Waals surface area contributed by atoms with Crippen molar-refractivity contribution in [2.45, 2.75) is 26.4 Å². The van der Waals surface area contributed by atoms with Crippen molar-refractivity contribution in [3.05, 3.63) is 83.4 Å². The van der Waals surface area contributed by atoms with Gasteiger partial charge in [0, 0.05) is 30.8 Å². The molecule has 0 spiro atoms. The van der Waals surface area contributed by atoms with E-state index in [9.17, 15) is 9.90 Å². The number of aryl methyl sites for hydroxylation is 1. The number of hydrogen-bond donors (Lipinski definition) is 3.